The lowest BCUT2D eigenvalue weighted by molar-refractivity contribution is -0.140. The first-order valence-corrected chi connectivity index (χ1v) is 5.61. The quantitative estimate of drug-likeness (QED) is 0.733. The van der Waals surface area contributed by atoms with Crippen molar-refractivity contribution >= 4 is 11.8 Å². The van der Waals surface area contributed by atoms with Crippen molar-refractivity contribution in [3.63, 3.8) is 0 Å². The summed E-state index contributed by atoms with van der Waals surface area (Å²) in [6.45, 7) is 0.410. The third kappa shape index (κ3) is 3.30. The van der Waals surface area contributed by atoms with E-state index in [-0.39, 0.29) is 17.9 Å². The first-order chi connectivity index (χ1) is 8.19. The molecule has 6 heteroatoms. The summed E-state index contributed by atoms with van der Waals surface area (Å²) in [6, 6.07) is 1.39. The van der Waals surface area contributed by atoms with Crippen LogP contribution in [0.2, 0.25) is 0 Å². The zero-order valence-corrected chi connectivity index (χ0v) is 9.66. The molecule has 0 amide bonds. The first-order valence-electron chi connectivity index (χ1n) is 5.61. The van der Waals surface area contributed by atoms with E-state index in [4.69, 9.17) is 0 Å². The van der Waals surface area contributed by atoms with E-state index in [1.54, 1.807) is 0 Å². The molecule has 17 heavy (non-hydrogen) atoms. The van der Waals surface area contributed by atoms with Crippen LogP contribution in [0.3, 0.4) is 0 Å². The number of nitrogens with one attached hydrogen (secondary N) is 2. The van der Waals surface area contributed by atoms with Crippen molar-refractivity contribution < 1.29 is 9.53 Å². The van der Waals surface area contributed by atoms with Crippen molar-refractivity contribution in [3.05, 3.63) is 22.2 Å². The summed E-state index contributed by atoms with van der Waals surface area (Å²) in [5, 5.41) is 2.94. The predicted molar refractivity (Wildman–Crippen MR) is 62.0 cm³/mol. The molecule has 0 radical (unpaired) electrons. The fourth-order valence-electron chi connectivity index (χ4n) is 1.51. The van der Waals surface area contributed by atoms with E-state index in [1.165, 1.54) is 13.2 Å². The number of hydrogen-bond donors (Lipinski definition) is 2. The van der Waals surface area contributed by atoms with Gasteiger partial charge in [-0.3, -0.25) is 9.59 Å². The molecular weight excluding hydrogens is 222 g/mol. The fraction of sp³-hybridized carbons (Fsp3) is 0.545. The lowest BCUT2D eigenvalue weighted by Crippen LogP contribution is -2.15. The van der Waals surface area contributed by atoms with Crippen LogP contribution in [0, 0.1) is 0 Å². The number of anilines is 1. The second kappa shape index (κ2) is 4.99. The number of carbonyl (C=O) groups excluding carboxylic acids is 1. The highest BCUT2D eigenvalue weighted by Crippen LogP contribution is 2.37. The molecule has 1 aliphatic carbocycles. The minimum absolute atomic E-state index is 0.164. The van der Waals surface area contributed by atoms with Crippen LogP contribution in [0.1, 0.15) is 31.0 Å². The molecule has 1 fully saturated rings. The van der Waals surface area contributed by atoms with E-state index < -0.39 is 0 Å². The number of aromatic amines is 1. The SMILES string of the molecule is COC(=O)CCNc1cc(=O)[nH]c(C2CC2)n1. The minimum atomic E-state index is -0.287. The maximum Gasteiger partial charge on any atom is 0.307 e. The Bertz CT molecular complexity index is 465. The van der Waals surface area contributed by atoms with Gasteiger partial charge in [0, 0.05) is 18.5 Å². The Balaban J connectivity index is 1.95. The molecule has 0 aromatic carbocycles. The van der Waals surface area contributed by atoms with Gasteiger partial charge in [-0.25, -0.2) is 4.98 Å². The van der Waals surface area contributed by atoms with Gasteiger partial charge in [-0.2, -0.15) is 0 Å². The van der Waals surface area contributed by atoms with Gasteiger partial charge in [-0.05, 0) is 12.8 Å². The van der Waals surface area contributed by atoms with E-state index in [0.29, 0.717) is 18.3 Å². The zero-order chi connectivity index (χ0) is 12.3. The zero-order valence-electron chi connectivity index (χ0n) is 9.66. The number of ether oxygens (including phenoxy) is 1. The summed E-state index contributed by atoms with van der Waals surface area (Å²) in [5.74, 6) is 1.35. The summed E-state index contributed by atoms with van der Waals surface area (Å²) in [7, 11) is 1.35. The molecule has 2 N–H and O–H groups in total. The lowest BCUT2D eigenvalue weighted by atomic mass is 10.4. The number of hydrogen-bond acceptors (Lipinski definition) is 5. The molecule has 2 rings (SSSR count). The maximum atomic E-state index is 11.4. The minimum Gasteiger partial charge on any atom is -0.469 e. The van der Waals surface area contributed by atoms with Gasteiger partial charge in [-0.1, -0.05) is 0 Å². The van der Waals surface area contributed by atoms with Gasteiger partial charge in [0.15, 0.2) is 0 Å². The second-order valence-electron chi connectivity index (χ2n) is 4.04. The summed E-state index contributed by atoms with van der Waals surface area (Å²) < 4.78 is 4.52. The number of H-pyrrole nitrogens is 1. The van der Waals surface area contributed by atoms with Gasteiger partial charge in [-0.15, -0.1) is 0 Å². The Morgan fingerprint density at radius 2 is 2.41 bits per heavy atom. The molecule has 0 unspecified atom stereocenters. The molecule has 0 atom stereocenters. The van der Waals surface area contributed by atoms with Crippen molar-refractivity contribution in [2.45, 2.75) is 25.2 Å². The Hall–Kier alpha value is -1.85. The largest absolute Gasteiger partial charge is 0.469 e. The number of esters is 1. The average Bonchev–Trinajstić information content (AvgIpc) is 3.12. The summed E-state index contributed by atoms with van der Waals surface area (Å²) in [6.07, 6.45) is 2.41. The smallest absolute Gasteiger partial charge is 0.307 e. The van der Waals surface area contributed by atoms with Gasteiger partial charge in [0.05, 0.1) is 13.5 Å². The summed E-state index contributed by atoms with van der Waals surface area (Å²) >= 11 is 0. The number of methoxy groups -OCH3 is 1. The Morgan fingerprint density at radius 3 is 3.06 bits per heavy atom. The van der Waals surface area contributed by atoms with E-state index in [0.717, 1.165) is 18.7 Å². The highest BCUT2D eigenvalue weighted by atomic mass is 16.5. The third-order valence-corrected chi connectivity index (χ3v) is 2.59. The molecule has 1 aromatic rings. The molecule has 1 saturated carbocycles. The molecule has 0 aliphatic heterocycles. The molecule has 1 heterocycles. The van der Waals surface area contributed by atoms with E-state index >= 15 is 0 Å². The van der Waals surface area contributed by atoms with Gasteiger partial charge in [0.2, 0.25) is 0 Å². The molecule has 0 saturated heterocycles. The van der Waals surface area contributed by atoms with E-state index in [2.05, 4.69) is 20.0 Å². The number of rotatable bonds is 5. The topological polar surface area (TPSA) is 84.1 Å². The Labute approximate surface area is 98.4 Å². The van der Waals surface area contributed by atoms with Crippen LogP contribution < -0.4 is 10.9 Å². The summed E-state index contributed by atoms with van der Waals surface area (Å²) in [4.78, 5) is 29.3. The lowest BCUT2D eigenvalue weighted by Gasteiger charge is -2.05. The fourth-order valence-corrected chi connectivity index (χ4v) is 1.51. The van der Waals surface area contributed by atoms with Crippen molar-refractivity contribution in [1.29, 1.82) is 0 Å². The first kappa shape index (κ1) is 11.6. The van der Waals surface area contributed by atoms with Gasteiger partial charge in [0.1, 0.15) is 11.6 Å². The van der Waals surface area contributed by atoms with Gasteiger partial charge in [0.25, 0.3) is 5.56 Å². The highest BCUT2D eigenvalue weighted by molar-refractivity contribution is 5.69. The van der Waals surface area contributed by atoms with Crippen LogP contribution in [-0.4, -0.2) is 29.6 Å². The standard InChI is InChI=1S/C11H15N3O3/c1-17-10(16)4-5-12-8-6-9(15)14-11(13-8)7-2-3-7/h6-7H,2-5H2,1H3,(H2,12,13,14,15). The normalized spacial score (nSPS) is 14.4. The van der Waals surface area contributed by atoms with Crippen LogP contribution in [0.25, 0.3) is 0 Å². The number of nitrogens with zero attached hydrogens (tertiary/aromatic N) is 1. The van der Waals surface area contributed by atoms with Crippen molar-refractivity contribution in [2.24, 2.45) is 0 Å². The van der Waals surface area contributed by atoms with E-state index in [9.17, 15) is 9.59 Å². The summed E-state index contributed by atoms with van der Waals surface area (Å²) in [5.41, 5.74) is -0.164. The molecule has 92 valence electrons. The van der Waals surface area contributed by atoms with Crippen molar-refractivity contribution in [1.82, 2.24) is 9.97 Å². The molecule has 1 aromatic heterocycles. The van der Waals surface area contributed by atoms with Crippen LogP contribution in [0.15, 0.2) is 10.9 Å². The van der Waals surface area contributed by atoms with Crippen LogP contribution in [-0.2, 0) is 9.53 Å². The number of aromatic nitrogens is 2. The molecule has 0 bridgehead atoms. The molecular formula is C11H15N3O3. The van der Waals surface area contributed by atoms with Gasteiger partial charge >= 0.3 is 5.97 Å². The number of carbonyl (C=O) groups is 1. The monoisotopic (exact) mass is 237 g/mol. The van der Waals surface area contributed by atoms with Gasteiger partial charge < -0.3 is 15.0 Å². The van der Waals surface area contributed by atoms with E-state index in [1.807, 2.05) is 0 Å². The molecule has 6 nitrogen and oxygen atoms in total. The maximum absolute atomic E-state index is 11.4. The Kier molecular flexibility index (Phi) is 3.41. The molecule has 0 spiro atoms. The van der Waals surface area contributed by atoms with Crippen LogP contribution in [0.4, 0.5) is 5.82 Å². The van der Waals surface area contributed by atoms with Crippen molar-refractivity contribution in [2.75, 3.05) is 19.0 Å². The average molecular weight is 237 g/mol. The predicted octanol–water partition coefficient (Wildman–Crippen LogP) is 0.622. The molecule has 1 aliphatic rings. The van der Waals surface area contributed by atoms with Crippen LogP contribution >= 0.6 is 0 Å². The van der Waals surface area contributed by atoms with Crippen LogP contribution in [0.5, 0.6) is 0 Å². The third-order valence-electron chi connectivity index (χ3n) is 2.59. The second-order valence-corrected chi connectivity index (χ2v) is 4.04. The van der Waals surface area contributed by atoms with Crippen molar-refractivity contribution in [3.8, 4) is 0 Å². The Morgan fingerprint density at radius 1 is 1.65 bits per heavy atom. The highest BCUT2D eigenvalue weighted by Gasteiger charge is 2.26.